The van der Waals surface area contributed by atoms with Crippen molar-refractivity contribution in [2.24, 2.45) is 0 Å². The lowest BCUT2D eigenvalue weighted by atomic mass is 9.97. The molecular weight excluding hydrogens is 604 g/mol. The van der Waals surface area contributed by atoms with Gasteiger partial charge < -0.3 is 29.8 Å². The van der Waals surface area contributed by atoms with Crippen molar-refractivity contribution in [2.45, 2.75) is 63.9 Å². The van der Waals surface area contributed by atoms with Crippen LogP contribution in [-0.2, 0) is 27.4 Å². The number of H-pyrrole nitrogens is 1. The maximum absolute atomic E-state index is 12.8. The maximum Gasteiger partial charge on any atom is 0.326 e. The fourth-order valence-corrected chi connectivity index (χ4v) is 7.07. The molecule has 248 valence electrons. The number of aromatic nitrogens is 2. The monoisotopic (exact) mass is 646 g/mol. The normalized spacial score (nSPS) is 20.6. The van der Waals surface area contributed by atoms with E-state index in [0.29, 0.717) is 13.0 Å². The SMILES string of the molecule is CC(=O)NCc1cccc(-c2cccc(C3OC(CN4CCC(n5c(=O)[nH]c6ccccc65)CC4)CC(c4ccc(CO)cc4)O3)c2)c1. The number of para-hydroxylation sites is 2. The van der Waals surface area contributed by atoms with Crippen LogP contribution < -0.4 is 11.0 Å². The summed E-state index contributed by atoms with van der Waals surface area (Å²) in [6.07, 6.45) is 1.70. The number of rotatable bonds is 9. The van der Waals surface area contributed by atoms with Crippen LogP contribution in [0, 0.1) is 0 Å². The summed E-state index contributed by atoms with van der Waals surface area (Å²) in [5, 5.41) is 12.5. The van der Waals surface area contributed by atoms with Gasteiger partial charge in [-0.1, -0.05) is 72.8 Å². The van der Waals surface area contributed by atoms with Gasteiger partial charge in [-0.2, -0.15) is 0 Å². The number of piperidine rings is 1. The minimum atomic E-state index is -0.559. The van der Waals surface area contributed by atoms with E-state index in [1.54, 1.807) is 0 Å². The van der Waals surface area contributed by atoms with E-state index in [2.05, 4.69) is 39.5 Å². The van der Waals surface area contributed by atoms with Gasteiger partial charge in [-0.05, 0) is 64.9 Å². The quantitative estimate of drug-likeness (QED) is 0.181. The predicted molar refractivity (Wildman–Crippen MR) is 185 cm³/mol. The van der Waals surface area contributed by atoms with Crippen molar-refractivity contribution >= 4 is 16.9 Å². The van der Waals surface area contributed by atoms with Crippen molar-refractivity contribution in [3.05, 3.63) is 130 Å². The lowest BCUT2D eigenvalue weighted by Gasteiger charge is -2.40. The van der Waals surface area contributed by atoms with E-state index < -0.39 is 6.29 Å². The van der Waals surface area contributed by atoms with Crippen molar-refractivity contribution in [3.8, 4) is 11.1 Å². The number of aliphatic hydroxyl groups excluding tert-OH is 1. The smallest absolute Gasteiger partial charge is 0.326 e. The van der Waals surface area contributed by atoms with Gasteiger partial charge in [0.15, 0.2) is 6.29 Å². The van der Waals surface area contributed by atoms with E-state index in [4.69, 9.17) is 9.47 Å². The summed E-state index contributed by atoms with van der Waals surface area (Å²) in [4.78, 5) is 29.7. The number of amides is 1. The molecule has 1 aromatic heterocycles. The molecule has 5 aromatic rings. The molecule has 9 nitrogen and oxygen atoms in total. The van der Waals surface area contributed by atoms with Gasteiger partial charge in [0.05, 0.1) is 29.8 Å². The van der Waals surface area contributed by atoms with Crippen LogP contribution in [0.1, 0.15) is 66.9 Å². The van der Waals surface area contributed by atoms with Crippen LogP contribution in [0.5, 0.6) is 0 Å². The van der Waals surface area contributed by atoms with E-state index in [1.807, 2.05) is 77.4 Å². The first-order valence-electron chi connectivity index (χ1n) is 16.8. The summed E-state index contributed by atoms with van der Waals surface area (Å²) < 4.78 is 15.3. The molecule has 0 aliphatic carbocycles. The molecule has 4 aromatic carbocycles. The van der Waals surface area contributed by atoms with Crippen molar-refractivity contribution in [1.29, 1.82) is 0 Å². The van der Waals surface area contributed by atoms with Gasteiger partial charge in [-0.15, -0.1) is 0 Å². The van der Waals surface area contributed by atoms with Crippen LogP contribution in [0.4, 0.5) is 0 Å². The number of nitrogens with zero attached hydrogens (tertiary/aromatic N) is 2. The van der Waals surface area contributed by atoms with Crippen molar-refractivity contribution in [3.63, 3.8) is 0 Å². The highest BCUT2D eigenvalue weighted by Crippen LogP contribution is 2.39. The number of ether oxygens (including phenoxy) is 2. The highest BCUT2D eigenvalue weighted by Gasteiger charge is 2.34. The van der Waals surface area contributed by atoms with E-state index >= 15 is 0 Å². The number of hydrogen-bond donors (Lipinski definition) is 3. The zero-order valence-electron chi connectivity index (χ0n) is 27.2. The van der Waals surface area contributed by atoms with E-state index in [9.17, 15) is 14.7 Å². The second kappa shape index (κ2) is 14.3. The fourth-order valence-electron chi connectivity index (χ4n) is 7.07. The molecule has 7 rings (SSSR count). The minimum Gasteiger partial charge on any atom is -0.392 e. The molecule has 2 saturated heterocycles. The van der Waals surface area contributed by atoms with Gasteiger partial charge >= 0.3 is 5.69 Å². The molecule has 0 spiro atoms. The number of carbonyl (C=O) groups is 1. The molecule has 1 amide bonds. The summed E-state index contributed by atoms with van der Waals surface area (Å²) in [7, 11) is 0. The summed E-state index contributed by atoms with van der Waals surface area (Å²) in [6.45, 7) is 4.52. The van der Waals surface area contributed by atoms with Crippen molar-refractivity contribution < 1.29 is 19.4 Å². The van der Waals surface area contributed by atoms with E-state index in [0.717, 1.165) is 76.9 Å². The Hall–Kier alpha value is -4.54. The Morgan fingerprint density at radius 3 is 2.40 bits per heavy atom. The third-order valence-electron chi connectivity index (χ3n) is 9.58. The highest BCUT2D eigenvalue weighted by atomic mass is 16.7. The van der Waals surface area contributed by atoms with Gasteiger partial charge in [0.25, 0.3) is 0 Å². The van der Waals surface area contributed by atoms with Crippen LogP contribution in [0.15, 0.2) is 102 Å². The summed E-state index contributed by atoms with van der Waals surface area (Å²) in [5.74, 6) is -0.0572. The van der Waals surface area contributed by atoms with Gasteiger partial charge in [0.1, 0.15) is 0 Å². The van der Waals surface area contributed by atoms with Crippen molar-refractivity contribution in [1.82, 2.24) is 19.8 Å². The molecule has 0 bridgehead atoms. The molecule has 2 aliphatic heterocycles. The standard InChI is InChI=1S/C39H42N4O5/c1-26(45)40-23-28-6-4-7-30(20-28)31-8-5-9-32(21-31)38-47-34(22-37(48-38)29-14-12-27(25-44)13-15-29)24-42-18-16-33(17-19-42)43-36-11-3-2-10-35(36)41-39(43)46/h2-15,20-21,33-34,37-38,44H,16-19,22-25H2,1H3,(H,40,45)(H,41,46). The molecule has 9 heteroatoms. The molecule has 2 fully saturated rings. The number of aliphatic hydroxyl groups is 1. The van der Waals surface area contributed by atoms with Gasteiger partial charge in [-0.3, -0.25) is 9.36 Å². The summed E-state index contributed by atoms with van der Waals surface area (Å²) >= 11 is 0. The molecule has 3 heterocycles. The van der Waals surface area contributed by atoms with Crippen LogP contribution >= 0.6 is 0 Å². The second-order valence-corrected chi connectivity index (χ2v) is 12.9. The fraction of sp³-hybridized carbons (Fsp3) is 0.333. The van der Waals surface area contributed by atoms with Crippen LogP contribution in [0.25, 0.3) is 22.2 Å². The molecular formula is C39H42N4O5. The average molecular weight is 647 g/mol. The second-order valence-electron chi connectivity index (χ2n) is 12.9. The number of fused-ring (bicyclic) bond motifs is 1. The Morgan fingerprint density at radius 2 is 1.62 bits per heavy atom. The van der Waals surface area contributed by atoms with E-state index in [-0.39, 0.29) is 36.5 Å². The Morgan fingerprint density at radius 1 is 0.875 bits per heavy atom. The molecule has 2 aliphatic rings. The number of benzene rings is 4. The predicted octanol–water partition coefficient (Wildman–Crippen LogP) is 6.01. The molecule has 48 heavy (non-hydrogen) atoms. The summed E-state index contributed by atoms with van der Waals surface area (Å²) in [5.41, 5.74) is 7.81. The average Bonchev–Trinajstić information content (AvgIpc) is 3.46. The van der Waals surface area contributed by atoms with Gasteiger partial charge in [0, 0.05) is 51.1 Å². The lowest BCUT2D eigenvalue weighted by Crippen LogP contribution is -2.43. The first-order valence-corrected chi connectivity index (χ1v) is 16.8. The first kappa shape index (κ1) is 32.0. The lowest BCUT2D eigenvalue weighted by molar-refractivity contribution is -0.253. The maximum atomic E-state index is 12.8. The largest absolute Gasteiger partial charge is 0.392 e. The van der Waals surface area contributed by atoms with Gasteiger partial charge in [0.2, 0.25) is 5.91 Å². The number of imidazole rings is 1. The molecule has 3 unspecified atom stereocenters. The Labute approximate surface area is 280 Å². The van der Waals surface area contributed by atoms with E-state index in [1.165, 1.54) is 6.92 Å². The highest BCUT2D eigenvalue weighted by molar-refractivity contribution is 5.75. The third kappa shape index (κ3) is 7.15. The third-order valence-corrected chi connectivity index (χ3v) is 9.58. The van der Waals surface area contributed by atoms with Crippen LogP contribution in [-0.4, -0.2) is 51.2 Å². The summed E-state index contributed by atoms with van der Waals surface area (Å²) in [6, 6.07) is 32.5. The Bertz CT molecular complexity index is 1930. The zero-order chi connectivity index (χ0) is 33.0. The number of carbonyl (C=O) groups excluding carboxylic acids is 1. The molecule has 3 N–H and O–H groups in total. The first-order chi connectivity index (χ1) is 23.4. The Kier molecular flexibility index (Phi) is 9.54. The zero-order valence-corrected chi connectivity index (χ0v) is 27.2. The molecule has 0 saturated carbocycles. The Balaban J connectivity index is 1.09. The van der Waals surface area contributed by atoms with Crippen LogP contribution in [0.3, 0.4) is 0 Å². The number of aromatic amines is 1. The number of nitrogens with one attached hydrogen (secondary N) is 2. The minimum absolute atomic E-state index is 0.000398. The topological polar surface area (TPSA) is 109 Å². The molecule has 0 radical (unpaired) electrons. The van der Waals surface area contributed by atoms with Gasteiger partial charge in [-0.25, -0.2) is 4.79 Å². The number of hydrogen-bond acceptors (Lipinski definition) is 6. The van der Waals surface area contributed by atoms with Crippen molar-refractivity contribution in [2.75, 3.05) is 19.6 Å². The van der Waals surface area contributed by atoms with Crippen LogP contribution in [0.2, 0.25) is 0 Å². The molecule has 3 atom stereocenters. The number of likely N-dealkylation sites (tertiary alicyclic amines) is 1.